The van der Waals surface area contributed by atoms with Crippen LogP contribution in [0.3, 0.4) is 0 Å². The number of hydrogen-bond donors (Lipinski definition) is 2. The number of fused-ring (bicyclic) bond motifs is 3. The van der Waals surface area contributed by atoms with Gasteiger partial charge in [-0.1, -0.05) is 0 Å². The maximum atomic E-state index is 13.1. The van der Waals surface area contributed by atoms with E-state index in [4.69, 9.17) is 10.7 Å². The number of carbonyl (C=O) groups excluding carboxylic acids is 1. The summed E-state index contributed by atoms with van der Waals surface area (Å²) in [6.45, 7) is -0.148. The standard InChI is InChI=1S/C24H30N5O4S/c25-23(31)19-7-10-29(12-18(19)13-30)34(32,33)14-15-1-3-16(4-2-15)22-21-17(5-8-26-22)11-28-24-20(21)6-9-27-24/h5-6,8-9,11,15-16,18-19H,1-4,7,10,12-14H2,(H2,25,31)(H,27,28). The third-order valence-corrected chi connectivity index (χ3v) is 9.70. The largest absolute Gasteiger partial charge is 0.369 e. The Balaban J connectivity index is 1.26. The van der Waals surface area contributed by atoms with E-state index in [1.807, 2.05) is 30.7 Å². The highest BCUT2D eigenvalue weighted by atomic mass is 32.2. The molecule has 1 aliphatic heterocycles. The van der Waals surface area contributed by atoms with Crippen molar-refractivity contribution >= 4 is 37.7 Å². The zero-order valence-corrected chi connectivity index (χ0v) is 19.8. The number of nitrogens with one attached hydrogen (secondary N) is 1. The summed E-state index contributed by atoms with van der Waals surface area (Å²) >= 11 is 0. The number of primary amides is 1. The first-order valence-electron chi connectivity index (χ1n) is 11.9. The molecular formula is C24H30N5O4S. The summed E-state index contributed by atoms with van der Waals surface area (Å²) in [5.74, 6) is -1.15. The summed E-state index contributed by atoms with van der Waals surface area (Å²) in [6.07, 6.45) is 9.30. The van der Waals surface area contributed by atoms with Crippen LogP contribution >= 0.6 is 0 Å². The van der Waals surface area contributed by atoms with Crippen molar-refractivity contribution in [1.29, 1.82) is 0 Å². The van der Waals surface area contributed by atoms with E-state index in [0.717, 1.165) is 53.2 Å². The molecule has 2 aliphatic rings. The lowest BCUT2D eigenvalue weighted by Crippen LogP contribution is -2.49. The van der Waals surface area contributed by atoms with Gasteiger partial charge >= 0.3 is 0 Å². The Hall–Kier alpha value is -2.56. The van der Waals surface area contributed by atoms with Crippen molar-refractivity contribution in [2.45, 2.75) is 38.0 Å². The number of piperidine rings is 1. The molecular weight excluding hydrogens is 454 g/mol. The molecule has 3 N–H and O–H groups in total. The first kappa shape index (κ1) is 23.2. The van der Waals surface area contributed by atoms with E-state index in [1.165, 1.54) is 4.31 Å². The molecule has 0 spiro atoms. The summed E-state index contributed by atoms with van der Waals surface area (Å²) in [5, 5.41) is 14.8. The Kier molecular flexibility index (Phi) is 6.30. The molecule has 9 nitrogen and oxygen atoms in total. The number of amides is 1. The van der Waals surface area contributed by atoms with Crippen LogP contribution in [0.5, 0.6) is 0 Å². The Labute approximate surface area is 198 Å². The second kappa shape index (κ2) is 9.24. The Morgan fingerprint density at radius 2 is 1.94 bits per heavy atom. The van der Waals surface area contributed by atoms with Crippen molar-refractivity contribution in [3.05, 3.63) is 36.4 Å². The SMILES string of the molecule is NC(=O)C1CCN(S(=O)(=O)CC2CCC(c3nccc4cnc5[nH]ccc5c34)CC2)CC1C[O]. The molecule has 1 saturated heterocycles. The first-order valence-corrected chi connectivity index (χ1v) is 13.5. The smallest absolute Gasteiger partial charge is 0.221 e. The van der Waals surface area contributed by atoms with Crippen LogP contribution < -0.4 is 5.73 Å². The van der Waals surface area contributed by atoms with Crippen LogP contribution in [0.15, 0.2) is 30.7 Å². The molecule has 5 rings (SSSR count). The summed E-state index contributed by atoms with van der Waals surface area (Å²) in [6, 6.07) is 4.01. The molecule has 2 atom stereocenters. The second-order valence-corrected chi connectivity index (χ2v) is 11.8. The number of nitrogens with two attached hydrogens (primary N) is 1. The number of hydrogen-bond acceptors (Lipinski definition) is 5. The Bertz CT molecular complexity index is 1300. The van der Waals surface area contributed by atoms with Gasteiger partial charge in [0.1, 0.15) is 5.65 Å². The van der Waals surface area contributed by atoms with Crippen molar-refractivity contribution in [3.63, 3.8) is 0 Å². The number of rotatable bonds is 6. The highest BCUT2D eigenvalue weighted by Gasteiger charge is 2.38. The minimum absolute atomic E-state index is 0.0738. The van der Waals surface area contributed by atoms with E-state index in [-0.39, 0.29) is 30.7 Å². The van der Waals surface area contributed by atoms with Gasteiger partial charge in [0.25, 0.3) is 0 Å². The van der Waals surface area contributed by atoms with Crippen molar-refractivity contribution < 1.29 is 18.3 Å². The number of aromatic amines is 1. The molecule has 3 aromatic heterocycles. The highest BCUT2D eigenvalue weighted by molar-refractivity contribution is 7.89. The predicted octanol–water partition coefficient (Wildman–Crippen LogP) is 2.57. The predicted molar refractivity (Wildman–Crippen MR) is 128 cm³/mol. The summed E-state index contributed by atoms with van der Waals surface area (Å²) < 4.78 is 27.6. The lowest BCUT2D eigenvalue weighted by Gasteiger charge is -2.36. The average Bonchev–Trinajstić information content (AvgIpc) is 3.33. The molecule has 1 radical (unpaired) electrons. The molecule has 1 aliphatic carbocycles. The van der Waals surface area contributed by atoms with Gasteiger partial charge in [0, 0.05) is 65.6 Å². The minimum Gasteiger partial charge on any atom is -0.369 e. The summed E-state index contributed by atoms with van der Waals surface area (Å²) in [5.41, 5.74) is 7.31. The monoisotopic (exact) mass is 484 g/mol. The van der Waals surface area contributed by atoms with Crippen LogP contribution in [0.25, 0.3) is 21.8 Å². The van der Waals surface area contributed by atoms with Gasteiger partial charge in [-0.3, -0.25) is 9.78 Å². The first-order chi connectivity index (χ1) is 16.4. The van der Waals surface area contributed by atoms with E-state index >= 15 is 0 Å². The molecule has 3 aromatic rings. The van der Waals surface area contributed by atoms with Gasteiger partial charge in [-0.25, -0.2) is 22.8 Å². The lowest BCUT2D eigenvalue weighted by molar-refractivity contribution is -0.126. The maximum Gasteiger partial charge on any atom is 0.221 e. The van der Waals surface area contributed by atoms with E-state index in [0.29, 0.717) is 6.42 Å². The Morgan fingerprint density at radius 1 is 1.15 bits per heavy atom. The fraction of sp³-hybridized carbons (Fsp3) is 0.542. The number of nitrogens with zero attached hydrogens (tertiary/aromatic N) is 3. The van der Waals surface area contributed by atoms with E-state index in [2.05, 4.69) is 9.97 Å². The number of carbonyl (C=O) groups is 1. The van der Waals surface area contributed by atoms with Crippen LogP contribution in [-0.4, -0.2) is 59.0 Å². The van der Waals surface area contributed by atoms with Crippen molar-refractivity contribution in [2.75, 3.05) is 25.4 Å². The molecule has 10 heteroatoms. The van der Waals surface area contributed by atoms with Gasteiger partial charge in [0.05, 0.1) is 18.1 Å². The number of pyridine rings is 2. The third-order valence-electron chi connectivity index (χ3n) is 7.69. The van der Waals surface area contributed by atoms with Crippen molar-refractivity contribution in [3.8, 4) is 0 Å². The number of H-pyrrole nitrogens is 1. The number of sulfonamides is 1. The van der Waals surface area contributed by atoms with Gasteiger partial charge in [0.2, 0.25) is 15.9 Å². The highest BCUT2D eigenvalue weighted by Crippen LogP contribution is 2.40. The van der Waals surface area contributed by atoms with E-state index in [9.17, 15) is 18.3 Å². The summed E-state index contributed by atoms with van der Waals surface area (Å²) in [4.78, 5) is 24.0. The number of aromatic nitrogens is 3. The van der Waals surface area contributed by atoms with Gasteiger partial charge in [0.15, 0.2) is 0 Å². The molecule has 1 saturated carbocycles. The molecule has 2 unspecified atom stereocenters. The van der Waals surface area contributed by atoms with Crippen LogP contribution in [0, 0.1) is 17.8 Å². The van der Waals surface area contributed by atoms with Crippen molar-refractivity contribution in [2.24, 2.45) is 23.5 Å². The van der Waals surface area contributed by atoms with Crippen LogP contribution in [0.2, 0.25) is 0 Å². The molecule has 181 valence electrons. The normalized spacial score (nSPS) is 26.7. The topological polar surface area (TPSA) is 142 Å². The van der Waals surface area contributed by atoms with Crippen LogP contribution in [-0.2, 0) is 19.9 Å². The quantitative estimate of drug-likeness (QED) is 0.553. The van der Waals surface area contributed by atoms with Crippen LogP contribution in [0.4, 0.5) is 0 Å². The molecule has 34 heavy (non-hydrogen) atoms. The fourth-order valence-corrected chi connectivity index (χ4v) is 7.75. The molecule has 0 aromatic carbocycles. The molecule has 0 bridgehead atoms. The third kappa shape index (κ3) is 4.30. The zero-order chi connectivity index (χ0) is 23.9. The lowest BCUT2D eigenvalue weighted by atomic mass is 9.80. The fourth-order valence-electron chi connectivity index (χ4n) is 5.81. The maximum absolute atomic E-state index is 13.1. The van der Waals surface area contributed by atoms with Crippen molar-refractivity contribution in [1.82, 2.24) is 19.3 Å². The van der Waals surface area contributed by atoms with E-state index < -0.39 is 34.4 Å². The van der Waals surface area contributed by atoms with E-state index in [1.54, 1.807) is 0 Å². The summed E-state index contributed by atoms with van der Waals surface area (Å²) in [7, 11) is -3.50. The minimum atomic E-state index is -3.50. The molecule has 2 fully saturated rings. The Morgan fingerprint density at radius 3 is 2.68 bits per heavy atom. The molecule has 4 heterocycles. The zero-order valence-electron chi connectivity index (χ0n) is 19.0. The van der Waals surface area contributed by atoms with Gasteiger partial charge < -0.3 is 10.7 Å². The van der Waals surface area contributed by atoms with Gasteiger partial charge in [-0.05, 0) is 50.2 Å². The second-order valence-electron chi connectivity index (χ2n) is 9.74. The molecule has 1 amide bonds. The average molecular weight is 485 g/mol. The van der Waals surface area contributed by atoms with Gasteiger partial charge in [-0.2, -0.15) is 0 Å². The van der Waals surface area contributed by atoms with Gasteiger partial charge in [-0.15, -0.1) is 0 Å². The van der Waals surface area contributed by atoms with Crippen LogP contribution in [0.1, 0.15) is 43.7 Å².